The average molecular weight is 888 g/mol. The summed E-state index contributed by atoms with van der Waals surface area (Å²) in [5.74, 6) is -3.47. The first-order valence-electron chi connectivity index (χ1n) is 19.9. The molecule has 0 aliphatic carbocycles. The second-order valence-electron chi connectivity index (χ2n) is 14.3. The van der Waals surface area contributed by atoms with E-state index in [-0.39, 0.29) is 42.4 Å². The van der Waals surface area contributed by atoms with E-state index in [1.807, 2.05) is 27.7 Å². The van der Waals surface area contributed by atoms with Crippen LogP contribution >= 0.6 is 0 Å². The summed E-state index contributed by atoms with van der Waals surface area (Å²) in [7, 11) is 1.57. The van der Waals surface area contributed by atoms with Crippen molar-refractivity contribution in [2.24, 2.45) is 5.73 Å². The molecule has 0 bridgehead atoms. The largest absolute Gasteiger partial charge is 0.573 e. The minimum atomic E-state index is -4.77. The van der Waals surface area contributed by atoms with Crippen molar-refractivity contribution < 1.29 is 65.0 Å². The maximum Gasteiger partial charge on any atom is 0.573 e. The normalized spacial score (nSPS) is 16.4. The predicted molar refractivity (Wildman–Crippen MR) is 218 cm³/mol. The number of aryl methyl sites for hydroxylation is 1. The molecule has 4 unspecified atom stereocenters. The van der Waals surface area contributed by atoms with Crippen LogP contribution in [0, 0.1) is 18.6 Å². The van der Waals surface area contributed by atoms with Gasteiger partial charge in [0, 0.05) is 37.9 Å². The highest BCUT2D eigenvalue weighted by molar-refractivity contribution is 5.93. The van der Waals surface area contributed by atoms with Crippen LogP contribution in [0.2, 0.25) is 0 Å². The fourth-order valence-electron chi connectivity index (χ4n) is 5.95. The first-order valence-corrected chi connectivity index (χ1v) is 19.9. The quantitative estimate of drug-likeness (QED) is 0.124. The maximum atomic E-state index is 13.0. The van der Waals surface area contributed by atoms with E-state index in [0.717, 1.165) is 24.6 Å². The Kier molecular flexibility index (Phi) is 22.9. The zero-order chi connectivity index (χ0) is 47.3. The van der Waals surface area contributed by atoms with Crippen molar-refractivity contribution in [3.8, 4) is 5.75 Å². The van der Waals surface area contributed by atoms with Gasteiger partial charge in [-0.25, -0.2) is 18.4 Å². The van der Waals surface area contributed by atoms with Crippen LogP contribution in [-0.4, -0.2) is 120 Å². The highest BCUT2D eigenvalue weighted by atomic mass is 19.4. The second-order valence-corrected chi connectivity index (χ2v) is 14.3. The number of halogens is 5. The summed E-state index contributed by atoms with van der Waals surface area (Å²) in [4.78, 5) is 87.5. The van der Waals surface area contributed by atoms with Gasteiger partial charge in [-0.2, -0.15) is 0 Å². The number of amides is 7. The van der Waals surface area contributed by atoms with Crippen molar-refractivity contribution in [1.29, 1.82) is 0 Å². The van der Waals surface area contributed by atoms with E-state index < -0.39 is 65.9 Å². The molecule has 7 amide bonds. The minimum Gasteiger partial charge on any atom is -0.461 e. The molecule has 0 spiro atoms. The Bertz CT molecular complexity index is 1750. The molecule has 5 N–H and O–H groups in total. The Morgan fingerprint density at radius 1 is 0.919 bits per heavy atom. The molecule has 2 saturated heterocycles. The highest BCUT2D eigenvalue weighted by Crippen LogP contribution is 2.25. The number of hydrogen-bond donors (Lipinski definition) is 4. The molecule has 2 heterocycles. The molecule has 62 heavy (non-hydrogen) atoms. The summed E-state index contributed by atoms with van der Waals surface area (Å²) in [5.41, 5.74) is 5.65. The van der Waals surface area contributed by atoms with Crippen molar-refractivity contribution in [1.82, 2.24) is 25.3 Å². The number of urea groups is 1. The van der Waals surface area contributed by atoms with E-state index in [4.69, 9.17) is 10.5 Å². The molecular weight excluding hydrogens is 829 g/mol. The molecule has 4 rings (SSSR count). The van der Waals surface area contributed by atoms with Crippen molar-refractivity contribution in [2.45, 2.75) is 117 Å². The van der Waals surface area contributed by atoms with Crippen LogP contribution in [0.25, 0.3) is 0 Å². The van der Waals surface area contributed by atoms with E-state index in [2.05, 4.69) is 20.7 Å². The Morgan fingerprint density at radius 3 is 2.00 bits per heavy atom. The first-order chi connectivity index (χ1) is 29.0. The number of likely N-dealkylation sites (N-methyl/N-ethyl adjacent to an activating group) is 1. The number of primary amides is 1. The molecule has 0 radical (unpaired) electrons. The number of carbonyl (C=O) groups is 7. The van der Waals surface area contributed by atoms with Gasteiger partial charge < -0.3 is 45.9 Å². The van der Waals surface area contributed by atoms with E-state index >= 15 is 0 Å². The van der Waals surface area contributed by atoms with Gasteiger partial charge in [0.2, 0.25) is 30.0 Å². The van der Waals surface area contributed by atoms with Crippen LogP contribution in [0.5, 0.6) is 5.75 Å². The second kappa shape index (κ2) is 26.3. The third-order valence-electron chi connectivity index (χ3n) is 8.85. The Labute approximate surface area is 358 Å². The molecule has 2 aromatic rings. The Hall–Kier alpha value is -6.02. The average Bonchev–Trinajstić information content (AvgIpc) is 3.88. The first kappa shape index (κ1) is 54.0. The number of benzene rings is 2. The van der Waals surface area contributed by atoms with Crippen LogP contribution in [0.4, 0.5) is 32.4 Å². The van der Waals surface area contributed by atoms with Crippen LogP contribution in [0.1, 0.15) is 79.2 Å². The lowest BCUT2D eigenvalue weighted by Gasteiger charge is -2.31. The zero-order valence-corrected chi connectivity index (χ0v) is 36.1. The molecule has 16 nitrogen and oxygen atoms in total. The SMILES string of the molecule is CC.CC(C)NC(=O)C(C)N(C)C(=O)C1CCCN1C(=O)CC(C)OC(=O)C1CCCN1C=O.Cc1cc(F)cc(F)c1.NC(=O)CNC(=O)Nc1ccc(OC(F)(F)F)cc1. The van der Waals surface area contributed by atoms with Gasteiger partial charge >= 0.3 is 18.4 Å². The van der Waals surface area contributed by atoms with E-state index in [9.17, 15) is 55.5 Å². The van der Waals surface area contributed by atoms with Gasteiger partial charge in [-0.15, -0.1) is 13.2 Å². The summed E-state index contributed by atoms with van der Waals surface area (Å²) >= 11 is 0. The number of anilines is 1. The number of nitrogens with one attached hydrogen (secondary N) is 3. The fraction of sp³-hybridized carbons (Fsp3) is 0.537. The Morgan fingerprint density at radius 2 is 1.48 bits per heavy atom. The molecule has 0 saturated carbocycles. The molecule has 2 aliphatic rings. The van der Waals surface area contributed by atoms with Crippen LogP contribution in [0.15, 0.2) is 42.5 Å². The molecule has 4 atom stereocenters. The van der Waals surface area contributed by atoms with Gasteiger partial charge in [0.15, 0.2) is 0 Å². The van der Waals surface area contributed by atoms with Gasteiger partial charge in [0.1, 0.15) is 41.6 Å². The maximum absolute atomic E-state index is 13.0. The summed E-state index contributed by atoms with van der Waals surface area (Å²) < 4.78 is 69.1. The van der Waals surface area contributed by atoms with Crippen LogP contribution < -0.4 is 26.4 Å². The standard InChI is InChI=1S/C22H36N4O6.C10H10F3N3O3.C7H6F2.C2H6/c1-14(2)23-20(29)16(4)24(5)21(30)17-8-7-11-26(17)19(28)12-15(3)32-22(31)18-9-6-10-25(18)13-27;11-10(12,13)19-7-3-1-6(2-4-7)16-9(18)15-5-8(14)17;1-5-2-6(8)4-7(9)3-5;1-2/h13-18H,6-12H2,1-5H3,(H,23,29);1-4H,5H2,(H2,14,17)(H2,15,16,18);2-4H,1H3;1-2H3. The molecule has 21 heteroatoms. The molecule has 2 fully saturated rings. The number of likely N-dealkylation sites (tertiary alicyclic amines) is 2. The number of esters is 1. The number of hydrogen-bond acceptors (Lipinski definition) is 9. The smallest absolute Gasteiger partial charge is 0.461 e. The molecule has 346 valence electrons. The summed E-state index contributed by atoms with van der Waals surface area (Å²) in [5, 5.41) is 7.23. The summed E-state index contributed by atoms with van der Waals surface area (Å²) in [6.07, 6.45) is -2.34. The number of carbonyl (C=O) groups excluding carboxylic acids is 7. The summed E-state index contributed by atoms with van der Waals surface area (Å²) in [6.45, 7) is 13.2. The minimum absolute atomic E-state index is 0.0370. The van der Waals surface area contributed by atoms with Gasteiger partial charge in [0.25, 0.3) is 0 Å². The lowest BCUT2D eigenvalue weighted by Crippen LogP contribution is -2.53. The molecular formula is C41H58F5N7O9. The number of alkyl halides is 3. The van der Waals surface area contributed by atoms with E-state index in [1.54, 1.807) is 27.8 Å². The lowest BCUT2D eigenvalue weighted by molar-refractivity contribution is -0.274. The van der Waals surface area contributed by atoms with Gasteiger partial charge in [-0.3, -0.25) is 24.0 Å². The van der Waals surface area contributed by atoms with Crippen molar-refractivity contribution in [3.63, 3.8) is 0 Å². The number of nitrogens with two attached hydrogens (primary N) is 1. The zero-order valence-electron chi connectivity index (χ0n) is 36.1. The Balaban J connectivity index is 0.000000536. The lowest BCUT2D eigenvalue weighted by atomic mass is 10.1. The van der Waals surface area contributed by atoms with Gasteiger partial charge in [0.05, 0.1) is 13.0 Å². The molecule has 0 aromatic heterocycles. The number of rotatable bonds is 13. The predicted octanol–water partition coefficient (Wildman–Crippen LogP) is 4.78. The van der Waals surface area contributed by atoms with Crippen molar-refractivity contribution >= 4 is 47.7 Å². The number of ether oxygens (including phenoxy) is 2. The summed E-state index contributed by atoms with van der Waals surface area (Å²) in [6, 6.07) is 5.29. The third-order valence-corrected chi connectivity index (χ3v) is 8.85. The number of nitrogens with zero attached hydrogens (tertiary/aromatic N) is 3. The highest BCUT2D eigenvalue weighted by Gasteiger charge is 2.39. The van der Waals surface area contributed by atoms with E-state index in [1.165, 1.54) is 39.0 Å². The topological polar surface area (TPSA) is 210 Å². The van der Waals surface area contributed by atoms with E-state index in [0.29, 0.717) is 44.3 Å². The molecule has 2 aromatic carbocycles. The van der Waals surface area contributed by atoms with Crippen molar-refractivity contribution in [3.05, 3.63) is 59.7 Å². The molecule has 2 aliphatic heterocycles. The monoisotopic (exact) mass is 887 g/mol. The van der Waals surface area contributed by atoms with Gasteiger partial charge in [-0.05, 0) is 102 Å². The third kappa shape index (κ3) is 19.6. The fourth-order valence-corrected chi connectivity index (χ4v) is 5.95. The van der Waals surface area contributed by atoms with Crippen molar-refractivity contribution in [2.75, 3.05) is 32.0 Å². The van der Waals surface area contributed by atoms with Gasteiger partial charge in [-0.1, -0.05) is 13.8 Å². The van der Waals surface area contributed by atoms with Crippen LogP contribution in [-0.2, 0) is 33.5 Å². The van der Waals surface area contributed by atoms with Crippen LogP contribution in [0.3, 0.4) is 0 Å².